The molecule has 0 unspecified atom stereocenters. The first kappa shape index (κ1) is 13.9. The summed E-state index contributed by atoms with van der Waals surface area (Å²) < 4.78 is 0. The second kappa shape index (κ2) is 7.25. The second-order valence-corrected chi connectivity index (χ2v) is 5.52. The summed E-state index contributed by atoms with van der Waals surface area (Å²) in [6.45, 7) is 10.2. The Labute approximate surface area is 101 Å². The number of nitrogens with two attached hydrogens (primary N) is 1. The highest BCUT2D eigenvalue weighted by Gasteiger charge is 2.21. The van der Waals surface area contributed by atoms with Crippen LogP contribution in [0.15, 0.2) is 0 Å². The number of piperidine rings is 1. The van der Waals surface area contributed by atoms with Crippen LogP contribution in [0, 0.1) is 5.92 Å². The molecule has 1 heterocycles. The first-order valence-electron chi connectivity index (χ1n) is 6.76. The van der Waals surface area contributed by atoms with E-state index >= 15 is 0 Å². The first-order valence-corrected chi connectivity index (χ1v) is 6.76. The van der Waals surface area contributed by atoms with Crippen LogP contribution in [0.3, 0.4) is 0 Å². The number of likely N-dealkylation sites (tertiary alicyclic amines) is 1. The molecule has 0 amide bonds. The van der Waals surface area contributed by atoms with Gasteiger partial charge in [0.2, 0.25) is 0 Å². The highest BCUT2D eigenvalue weighted by molar-refractivity contribution is 4.78. The van der Waals surface area contributed by atoms with Crippen molar-refractivity contribution in [2.24, 2.45) is 11.7 Å². The van der Waals surface area contributed by atoms with E-state index in [1.165, 1.54) is 38.9 Å². The molecule has 3 nitrogen and oxygen atoms in total. The summed E-state index contributed by atoms with van der Waals surface area (Å²) >= 11 is 0. The summed E-state index contributed by atoms with van der Waals surface area (Å²) in [5, 5.41) is 0. The molecule has 0 aromatic heterocycles. The van der Waals surface area contributed by atoms with Gasteiger partial charge in [-0.2, -0.15) is 0 Å². The molecule has 96 valence electrons. The maximum absolute atomic E-state index is 5.58. The molecule has 0 aromatic carbocycles. The lowest BCUT2D eigenvalue weighted by Crippen LogP contribution is -2.45. The first-order chi connectivity index (χ1) is 7.63. The van der Waals surface area contributed by atoms with Crippen LogP contribution in [-0.4, -0.2) is 55.6 Å². The van der Waals surface area contributed by atoms with Crippen molar-refractivity contribution < 1.29 is 0 Å². The van der Waals surface area contributed by atoms with Crippen LogP contribution in [0.25, 0.3) is 0 Å². The largest absolute Gasteiger partial charge is 0.329 e. The van der Waals surface area contributed by atoms with Crippen molar-refractivity contribution >= 4 is 0 Å². The molecule has 3 heteroatoms. The summed E-state index contributed by atoms with van der Waals surface area (Å²) in [6.07, 6.45) is 3.95. The van der Waals surface area contributed by atoms with Gasteiger partial charge in [0, 0.05) is 19.1 Å². The molecule has 0 atom stereocenters. The molecular weight excluding hydrogens is 198 g/mol. The van der Waals surface area contributed by atoms with Gasteiger partial charge >= 0.3 is 0 Å². The topological polar surface area (TPSA) is 32.5 Å². The Morgan fingerprint density at radius 1 is 1.31 bits per heavy atom. The predicted molar refractivity (Wildman–Crippen MR) is 70.6 cm³/mol. The van der Waals surface area contributed by atoms with E-state index in [0.717, 1.165) is 25.0 Å². The van der Waals surface area contributed by atoms with Gasteiger partial charge in [-0.25, -0.2) is 0 Å². The predicted octanol–water partition coefficient (Wildman–Crippen LogP) is 1.39. The van der Waals surface area contributed by atoms with Crippen LogP contribution >= 0.6 is 0 Å². The molecular formula is C13H29N3. The van der Waals surface area contributed by atoms with Crippen molar-refractivity contribution in [2.75, 3.05) is 39.8 Å². The molecule has 1 aliphatic rings. The van der Waals surface area contributed by atoms with Gasteiger partial charge in [0.1, 0.15) is 0 Å². The van der Waals surface area contributed by atoms with E-state index in [0.29, 0.717) is 0 Å². The minimum atomic E-state index is 0.799. The Kier molecular flexibility index (Phi) is 6.32. The van der Waals surface area contributed by atoms with Crippen molar-refractivity contribution in [3.05, 3.63) is 0 Å². The van der Waals surface area contributed by atoms with Crippen LogP contribution in [0.4, 0.5) is 0 Å². The SMILES string of the molecule is CC(C)CCN(C)C1CCN(CCN)CC1. The van der Waals surface area contributed by atoms with Gasteiger partial charge in [-0.05, 0) is 51.9 Å². The average Bonchev–Trinajstić information content (AvgIpc) is 2.27. The van der Waals surface area contributed by atoms with E-state index < -0.39 is 0 Å². The van der Waals surface area contributed by atoms with Gasteiger partial charge in [0.25, 0.3) is 0 Å². The summed E-state index contributed by atoms with van der Waals surface area (Å²) in [5.74, 6) is 0.819. The summed E-state index contributed by atoms with van der Waals surface area (Å²) in [7, 11) is 2.28. The molecule has 1 aliphatic heterocycles. The average molecular weight is 227 g/mol. The Morgan fingerprint density at radius 2 is 1.94 bits per heavy atom. The van der Waals surface area contributed by atoms with Crippen LogP contribution < -0.4 is 5.73 Å². The van der Waals surface area contributed by atoms with E-state index in [-0.39, 0.29) is 0 Å². The normalized spacial score (nSPS) is 19.9. The van der Waals surface area contributed by atoms with Gasteiger partial charge < -0.3 is 15.5 Å². The third kappa shape index (κ3) is 4.81. The minimum absolute atomic E-state index is 0.799. The van der Waals surface area contributed by atoms with E-state index in [9.17, 15) is 0 Å². The summed E-state index contributed by atoms with van der Waals surface area (Å²) in [4.78, 5) is 5.05. The Hall–Kier alpha value is -0.120. The highest BCUT2D eigenvalue weighted by atomic mass is 15.2. The molecule has 2 N–H and O–H groups in total. The van der Waals surface area contributed by atoms with Crippen molar-refractivity contribution in [2.45, 2.75) is 39.2 Å². The van der Waals surface area contributed by atoms with E-state index in [2.05, 4.69) is 30.7 Å². The number of hydrogen-bond acceptors (Lipinski definition) is 3. The summed E-state index contributed by atoms with van der Waals surface area (Å²) in [5.41, 5.74) is 5.58. The summed E-state index contributed by atoms with van der Waals surface area (Å²) in [6, 6.07) is 0.799. The van der Waals surface area contributed by atoms with E-state index in [4.69, 9.17) is 5.73 Å². The number of nitrogens with zero attached hydrogens (tertiary/aromatic N) is 2. The lowest BCUT2D eigenvalue weighted by molar-refractivity contribution is 0.126. The molecule has 16 heavy (non-hydrogen) atoms. The molecule has 1 rings (SSSR count). The molecule has 0 saturated carbocycles. The monoisotopic (exact) mass is 227 g/mol. The van der Waals surface area contributed by atoms with E-state index in [1.54, 1.807) is 0 Å². The standard InChI is InChI=1S/C13H29N3/c1-12(2)4-8-15(3)13-5-9-16(10-6-13)11-7-14/h12-13H,4-11,14H2,1-3H3. The minimum Gasteiger partial charge on any atom is -0.329 e. The van der Waals surface area contributed by atoms with Crippen LogP contribution in [0.5, 0.6) is 0 Å². The Balaban J connectivity index is 2.19. The fraction of sp³-hybridized carbons (Fsp3) is 1.00. The highest BCUT2D eigenvalue weighted by Crippen LogP contribution is 2.16. The van der Waals surface area contributed by atoms with Crippen molar-refractivity contribution in [3.63, 3.8) is 0 Å². The molecule has 0 radical (unpaired) electrons. The second-order valence-electron chi connectivity index (χ2n) is 5.52. The third-order valence-corrected chi connectivity index (χ3v) is 3.68. The lowest BCUT2D eigenvalue weighted by Gasteiger charge is -2.36. The molecule has 1 fully saturated rings. The smallest absolute Gasteiger partial charge is 0.0117 e. The van der Waals surface area contributed by atoms with Gasteiger partial charge in [-0.15, -0.1) is 0 Å². The van der Waals surface area contributed by atoms with Gasteiger partial charge in [0.05, 0.1) is 0 Å². The van der Waals surface area contributed by atoms with Crippen molar-refractivity contribution in [3.8, 4) is 0 Å². The zero-order valence-corrected chi connectivity index (χ0v) is 11.3. The zero-order valence-electron chi connectivity index (χ0n) is 11.3. The molecule has 0 aromatic rings. The fourth-order valence-electron chi connectivity index (χ4n) is 2.41. The van der Waals surface area contributed by atoms with Gasteiger partial charge in [-0.1, -0.05) is 13.8 Å². The molecule has 1 saturated heterocycles. The van der Waals surface area contributed by atoms with Crippen molar-refractivity contribution in [1.82, 2.24) is 9.80 Å². The van der Waals surface area contributed by atoms with Crippen LogP contribution in [-0.2, 0) is 0 Å². The van der Waals surface area contributed by atoms with Crippen molar-refractivity contribution in [1.29, 1.82) is 0 Å². The van der Waals surface area contributed by atoms with Gasteiger partial charge in [0.15, 0.2) is 0 Å². The zero-order chi connectivity index (χ0) is 12.0. The van der Waals surface area contributed by atoms with Gasteiger partial charge in [-0.3, -0.25) is 0 Å². The molecule has 0 aliphatic carbocycles. The Bertz CT molecular complexity index is 174. The van der Waals surface area contributed by atoms with E-state index in [1.807, 2.05) is 0 Å². The quantitative estimate of drug-likeness (QED) is 0.744. The lowest BCUT2D eigenvalue weighted by atomic mass is 10.0. The third-order valence-electron chi connectivity index (χ3n) is 3.68. The maximum atomic E-state index is 5.58. The Morgan fingerprint density at radius 3 is 2.44 bits per heavy atom. The van der Waals surface area contributed by atoms with Crippen LogP contribution in [0.1, 0.15) is 33.1 Å². The fourth-order valence-corrected chi connectivity index (χ4v) is 2.41. The molecule has 0 spiro atoms. The number of hydrogen-bond donors (Lipinski definition) is 1. The number of rotatable bonds is 6. The maximum Gasteiger partial charge on any atom is 0.0117 e. The van der Waals surface area contributed by atoms with Crippen LogP contribution in [0.2, 0.25) is 0 Å². The molecule has 0 bridgehead atoms.